The van der Waals surface area contributed by atoms with Crippen LogP contribution in [0, 0.1) is 0 Å². The van der Waals surface area contributed by atoms with Gasteiger partial charge in [0.2, 0.25) is 5.91 Å². The first-order valence-electron chi connectivity index (χ1n) is 24.6. The molecule has 3 fully saturated rings. The molecule has 0 saturated carbocycles. The van der Waals surface area contributed by atoms with Crippen LogP contribution in [0.1, 0.15) is 29.9 Å². The summed E-state index contributed by atoms with van der Waals surface area (Å²) in [7, 11) is 1.54. The molecule has 406 valence electrons. The van der Waals surface area contributed by atoms with Crippen LogP contribution in [0.5, 0.6) is 11.5 Å². The zero-order valence-electron chi connectivity index (χ0n) is 42.3. The van der Waals surface area contributed by atoms with E-state index in [1.807, 2.05) is 30.9 Å². The quantitative estimate of drug-likeness (QED) is 0.117. The van der Waals surface area contributed by atoms with E-state index in [9.17, 15) is 44.1 Å². The summed E-state index contributed by atoms with van der Waals surface area (Å²) in [5, 5.41) is 41.1. The number of methoxy groups -OCH3 is 1. The molecule has 4 aliphatic rings. The number of hydrogen-bond acceptors (Lipinski definition) is 16. The third kappa shape index (κ3) is 13.8. The van der Waals surface area contributed by atoms with Gasteiger partial charge in [0.05, 0.1) is 82.2 Å². The molecule has 4 aliphatic heterocycles. The van der Waals surface area contributed by atoms with Crippen molar-refractivity contribution in [2.75, 3.05) is 130 Å². The number of anilines is 1. The fourth-order valence-electron chi connectivity index (χ4n) is 9.50. The first kappa shape index (κ1) is 55.4. The molecule has 3 aromatic carbocycles. The van der Waals surface area contributed by atoms with Gasteiger partial charge in [0.25, 0.3) is 11.8 Å². The van der Waals surface area contributed by atoms with Crippen LogP contribution in [0.25, 0.3) is 28.1 Å². The van der Waals surface area contributed by atoms with Gasteiger partial charge in [0.1, 0.15) is 18.1 Å². The summed E-state index contributed by atoms with van der Waals surface area (Å²) in [6.45, 7) is 6.35. The normalized spacial score (nSPS) is 17.7. The number of aromatic nitrogens is 2. The Hall–Kier alpha value is -6.86. The van der Waals surface area contributed by atoms with Crippen molar-refractivity contribution in [1.29, 1.82) is 0 Å². The number of benzene rings is 3. The Labute approximate surface area is 448 Å². The summed E-state index contributed by atoms with van der Waals surface area (Å²) >= 11 is 13.0. The van der Waals surface area contributed by atoms with Gasteiger partial charge in [-0.15, -0.1) is 0 Å². The molecule has 0 unspecified atom stereocenters. The van der Waals surface area contributed by atoms with Crippen molar-refractivity contribution in [1.82, 2.24) is 39.2 Å². The number of nitrogens with one attached hydrogen (secondary N) is 1. The largest absolute Gasteiger partial charge is 0.496 e. The van der Waals surface area contributed by atoms with Gasteiger partial charge in [-0.1, -0.05) is 40.5 Å². The van der Waals surface area contributed by atoms with E-state index in [4.69, 9.17) is 47.3 Å². The summed E-state index contributed by atoms with van der Waals surface area (Å²) in [6, 6.07) is 15.8. The van der Waals surface area contributed by atoms with Crippen molar-refractivity contribution in [3.8, 4) is 39.6 Å². The fraction of sp³-hybridized carbons (Fsp3) is 0.451. The van der Waals surface area contributed by atoms with E-state index in [0.717, 1.165) is 0 Å². The minimum atomic E-state index is -1.04. The Bertz CT molecular complexity index is 2840. The second-order valence-corrected chi connectivity index (χ2v) is 20.3. The van der Waals surface area contributed by atoms with E-state index in [2.05, 4.69) is 10.5 Å². The third-order valence-electron chi connectivity index (χ3n) is 13.4. The molecule has 0 bridgehead atoms. The zero-order valence-corrected chi connectivity index (χ0v) is 43.8. The molecule has 0 radical (unpaired) electrons. The molecule has 8 rings (SSSR count). The van der Waals surface area contributed by atoms with Gasteiger partial charge in [0.15, 0.2) is 12.3 Å². The lowest BCUT2D eigenvalue weighted by Gasteiger charge is -2.41. The molecule has 0 aliphatic carbocycles. The van der Waals surface area contributed by atoms with Crippen molar-refractivity contribution in [2.45, 2.75) is 26.0 Å². The van der Waals surface area contributed by atoms with Crippen LogP contribution in [0.15, 0.2) is 59.8 Å². The van der Waals surface area contributed by atoms with Crippen molar-refractivity contribution >= 4 is 70.2 Å². The van der Waals surface area contributed by atoms with E-state index in [-0.39, 0.29) is 103 Å². The van der Waals surface area contributed by atoms with Crippen LogP contribution in [0.2, 0.25) is 10.0 Å². The maximum atomic E-state index is 14.4. The molecule has 3 amide bonds. The van der Waals surface area contributed by atoms with Gasteiger partial charge in [0, 0.05) is 97.4 Å². The zero-order chi connectivity index (χ0) is 54.3. The SMILES string of the molecule is COc1cc2c(cc1-c1cccc(NC(=O)CON=C3CN(C(=O)CN4CCN(CC(=O)O)CCN(CC(=O)O)CCN(CC(=O)O)CC4)C3)c1)-c1c(c(C(=O)N3CCOCC3(C)C)nn1-c1cc(Cl)cc(Cl)c1)CO2. The number of halogens is 2. The molecule has 0 spiro atoms. The van der Waals surface area contributed by atoms with Gasteiger partial charge >= 0.3 is 17.9 Å². The molecule has 76 heavy (non-hydrogen) atoms. The Morgan fingerprint density at radius 3 is 1.92 bits per heavy atom. The number of aliphatic carboxylic acids is 3. The molecule has 4 aromatic rings. The number of oxime groups is 1. The predicted octanol–water partition coefficient (Wildman–Crippen LogP) is 3.29. The minimum Gasteiger partial charge on any atom is -0.496 e. The molecule has 1 aromatic heterocycles. The van der Waals surface area contributed by atoms with Crippen molar-refractivity contribution < 1.29 is 63.1 Å². The number of nitrogens with zero attached hydrogens (tertiary/aromatic N) is 9. The number of carboxylic acid groups (broad SMARTS) is 3. The van der Waals surface area contributed by atoms with Crippen LogP contribution >= 0.6 is 23.2 Å². The standard InChI is InChI=1S/C51H60Cl2N10O13/c1-51(2)31-74-16-15-62(51)50(72)48-40-29-75-42-22-41(73-3)38(21-39(42)49(40)63(55-48)37-19-33(52)18-34(53)20-37)32-5-4-6-35(17-32)54-43(64)30-76-56-36-23-61(24-36)44(65)25-57-7-9-58(26-45(66)67)11-13-60(28-47(70)71)14-12-59(10-8-57)27-46(68)69/h4-6,17-22H,7-16,23-31H2,1-3H3,(H,54,64)(H,66,67)(H,68,69)(H,70,71). The number of ether oxygens (including phenoxy) is 3. The summed E-state index contributed by atoms with van der Waals surface area (Å²) in [5.74, 6) is -3.14. The topological polar surface area (TPSA) is 262 Å². The Balaban J connectivity index is 0.914. The van der Waals surface area contributed by atoms with E-state index >= 15 is 0 Å². The number of carbonyl (C=O) groups excluding carboxylic acids is 3. The summed E-state index contributed by atoms with van der Waals surface area (Å²) in [6.07, 6.45) is 0. The van der Waals surface area contributed by atoms with E-state index in [0.29, 0.717) is 99.4 Å². The first-order chi connectivity index (χ1) is 36.3. The van der Waals surface area contributed by atoms with Crippen LogP contribution in [0.4, 0.5) is 5.69 Å². The van der Waals surface area contributed by atoms with E-state index in [1.54, 1.807) is 78.8 Å². The number of likely N-dealkylation sites (tertiary alicyclic amines) is 1. The highest BCUT2D eigenvalue weighted by Gasteiger charge is 2.40. The number of amides is 3. The summed E-state index contributed by atoms with van der Waals surface area (Å²) < 4.78 is 19.6. The van der Waals surface area contributed by atoms with Crippen molar-refractivity contribution in [3.63, 3.8) is 0 Å². The highest BCUT2D eigenvalue weighted by atomic mass is 35.5. The Kier molecular flexibility index (Phi) is 17.8. The predicted molar refractivity (Wildman–Crippen MR) is 279 cm³/mol. The molecule has 5 heterocycles. The first-order valence-corrected chi connectivity index (χ1v) is 25.3. The molecule has 23 nitrogen and oxygen atoms in total. The fourth-order valence-corrected chi connectivity index (χ4v) is 10.0. The van der Waals surface area contributed by atoms with Gasteiger partial charge in [-0.2, -0.15) is 5.10 Å². The molecular weight excluding hydrogens is 1030 g/mol. The number of rotatable bonds is 16. The van der Waals surface area contributed by atoms with E-state index in [1.165, 1.54) is 0 Å². The van der Waals surface area contributed by atoms with Crippen LogP contribution < -0.4 is 14.8 Å². The van der Waals surface area contributed by atoms with Gasteiger partial charge in [-0.25, -0.2) is 4.68 Å². The van der Waals surface area contributed by atoms with Crippen molar-refractivity contribution in [3.05, 3.63) is 75.9 Å². The highest BCUT2D eigenvalue weighted by Crippen LogP contribution is 2.47. The Morgan fingerprint density at radius 1 is 0.763 bits per heavy atom. The van der Waals surface area contributed by atoms with Crippen molar-refractivity contribution in [2.24, 2.45) is 5.16 Å². The number of carbonyl (C=O) groups is 6. The van der Waals surface area contributed by atoms with Crippen LogP contribution in [-0.2, 0) is 40.2 Å². The summed E-state index contributed by atoms with van der Waals surface area (Å²) in [5.41, 5.74) is 4.29. The maximum absolute atomic E-state index is 14.4. The number of morpholine rings is 1. The molecule has 3 saturated heterocycles. The van der Waals surface area contributed by atoms with E-state index < -0.39 is 36.0 Å². The van der Waals surface area contributed by atoms with Gasteiger partial charge in [-0.05, 0) is 55.8 Å². The number of fused-ring (bicyclic) bond motifs is 3. The summed E-state index contributed by atoms with van der Waals surface area (Å²) in [4.78, 5) is 91.5. The van der Waals surface area contributed by atoms with Crippen LogP contribution in [0.3, 0.4) is 0 Å². The Morgan fingerprint density at radius 2 is 1.36 bits per heavy atom. The third-order valence-corrected chi connectivity index (χ3v) is 13.8. The minimum absolute atomic E-state index is 0.0202. The average molecular weight is 1090 g/mol. The lowest BCUT2D eigenvalue weighted by atomic mass is 9.95. The molecule has 4 N–H and O–H groups in total. The molecular formula is C51H60Cl2N10O13. The highest BCUT2D eigenvalue weighted by molar-refractivity contribution is 6.34. The molecule has 0 atom stereocenters. The van der Waals surface area contributed by atoms with Crippen LogP contribution in [-0.4, -0.2) is 226 Å². The maximum Gasteiger partial charge on any atom is 0.317 e. The smallest absolute Gasteiger partial charge is 0.317 e. The number of carboxylic acids is 3. The van der Waals surface area contributed by atoms with Gasteiger partial charge in [-0.3, -0.25) is 48.4 Å². The second-order valence-electron chi connectivity index (χ2n) is 19.5. The van der Waals surface area contributed by atoms with Gasteiger partial charge < -0.3 is 49.5 Å². The monoisotopic (exact) mass is 1090 g/mol. The lowest BCUT2D eigenvalue weighted by Crippen LogP contribution is -2.55. The lowest BCUT2D eigenvalue weighted by molar-refractivity contribution is -0.140. The number of hydrogen-bond donors (Lipinski definition) is 4. The second kappa shape index (κ2) is 24.4. The molecule has 25 heteroatoms. The average Bonchev–Trinajstić information content (AvgIpc) is 3.76.